The molecule has 1 aromatic carbocycles. The number of hydrogen-bond donors (Lipinski definition) is 0. The Labute approximate surface area is 111 Å². The van der Waals surface area contributed by atoms with Crippen molar-refractivity contribution >= 4 is 21.8 Å². The van der Waals surface area contributed by atoms with Gasteiger partial charge in [0.2, 0.25) is 5.91 Å². The minimum absolute atomic E-state index is 0.226. The second-order valence-corrected chi connectivity index (χ2v) is 5.34. The Hall–Kier alpha value is -0.830. The topological polar surface area (TPSA) is 20.3 Å². The molecule has 1 aromatic rings. The summed E-state index contributed by atoms with van der Waals surface area (Å²) < 4.78 is 0. The van der Waals surface area contributed by atoms with Crippen molar-refractivity contribution in [1.82, 2.24) is 4.90 Å². The van der Waals surface area contributed by atoms with Crippen LogP contribution in [0.2, 0.25) is 0 Å². The average molecular weight is 296 g/mol. The van der Waals surface area contributed by atoms with E-state index in [1.165, 1.54) is 17.5 Å². The summed E-state index contributed by atoms with van der Waals surface area (Å²) in [5.74, 6) is 0.226. The first-order chi connectivity index (χ1) is 8.24. The SMILES string of the molecule is CN(C(=O)CCBr)C1CCCc2ccccc21. The van der Waals surface area contributed by atoms with E-state index in [0.717, 1.165) is 18.2 Å². The third-order valence-electron chi connectivity index (χ3n) is 3.51. The van der Waals surface area contributed by atoms with E-state index in [9.17, 15) is 4.79 Å². The normalized spacial score (nSPS) is 18.6. The van der Waals surface area contributed by atoms with Crippen LogP contribution < -0.4 is 0 Å². The molecule has 1 unspecified atom stereocenters. The minimum Gasteiger partial charge on any atom is -0.339 e. The van der Waals surface area contributed by atoms with E-state index in [1.807, 2.05) is 11.9 Å². The molecule has 0 aromatic heterocycles. The highest BCUT2D eigenvalue weighted by molar-refractivity contribution is 9.09. The van der Waals surface area contributed by atoms with Gasteiger partial charge >= 0.3 is 0 Å². The monoisotopic (exact) mass is 295 g/mol. The van der Waals surface area contributed by atoms with Crippen LogP contribution in [0.15, 0.2) is 24.3 Å². The van der Waals surface area contributed by atoms with E-state index in [4.69, 9.17) is 0 Å². The Balaban J connectivity index is 2.20. The smallest absolute Gasteiger partial charge is 0.223 e. The first kappa shape index (κ1) is 12.6. The molecular formula is C14H18BrNO. The van der Waals surface area contributed by atoms with Crippen molar-refractivity contribution in [3.63, 3.8) is 0 Å². The summed E-state index contributed by atoms with van der Waals surface area (Å²) in [5, 5.41) is 0.741. The standard InChI is InChI=1S/C14H18BrNO/c1-16(14(17)9-10-15)13-8-4-6-11-5-2-3-7-12(11)13/h2-3,5,7,13H,4,6,8-10H2,1H3. The van der Waals surface area contributed by atoms with Gasteiger partial charge in [-0.15, -0.1) is 0 Å². The zero-order valence-corrected chi connectivity index (χ0v) is 11.7. The highest BCUT2D eigenvalue weighted by Crippen LogP contribution is 2.33. The Morgan fingerprint density at radius 3 is 3.00 bits per heavy atom. The fourth-order valence-electron chi connectivity index (χ4n) is 2.56. The zero-order valence-electron chi connectivity index (χ0n) is 10.2. The zero-order chi connectivity index (χ0) is 12.3. The fraction of sp³-hybridized carbons (Fsp3) is 0.500. The summed E-state index contributed by atoms with van der Waals surface area (Å²) in [7, 11) is 1.93. The molecule has 0 aliphatic heterocycles. The lowest BCUT2D eigenvalue weighted by atomic mass is 9.87. The highest BCUT2D eigenvalue weighted by Gasteiger charge is 2.25. The molecule has 1 amide bonds. The maximum absolute atomic E-state index is 11.9. The molecule has 1 atom stereocenters. The molecule has 0 radical (unpaired) electrons. The van der Waals surface area contributed by atoms with Gasteiger partial charge in [0.1, 0.15) is 0 Å². The second kappa shape index (κ2) is 5.67. The molecule has 0 heterocycles. The van der Waals surface area contributed by atoms with E-state index in [0.29, 0.717) is 6.42 Å². The number of halogens is 1. The number of fused-ring (bicyclic) bond motifs is 1. The van der Waals surface area contributed by atoms with Crippen molar-refractivity contribution < 1.29 is 4.79 Å². The van der Waals surface area contributed by atoms with Gasteiger partial charge in [-0.25, -0.2) is 0 Å². The summed E-state index contributed by atoms with van der Waals surface area (Å²) in [6.07, 6.45) is 3.98. The number of carbonyl (C=O) groups is 1. The lowest BCUT2D eigenvalue weighted by molar-refractivity contribution is -0.131. The fourth-order valence-corrected chi connectivity index (χ4v) is 2.90. The van der Waals surface area contributed by atoms with Gasteiger partial charge in [0.05, 0.1) is 6.04 Å². The molecule has 0 fully saturated rings. The maximum atomic E-state index is 11.9. The van der Waals surface area contributed by atoms with Gasteiger partial charge in [-0.1, -0.05) is 40.2 Å². The molecule has 3 heteroatoms. The van der Waals surface area contributed by atoms with Crippen LogP contribution in [0.5, 0.6) is 0 Å². The summed E-state index contributed by atoms with van der Waals surface area (Å²) in [6, 6.07) is 8.77. The Morgan fingerprint density at radius 2 is 2.24 bits per heavy atom. The van der Waals surface area contributed by atoms with Crippen LogP contribution in [0.25, 0.3) is 0 Å². The van der Waals surface area contributed by atoms with E-state index in [2.05, 4.69) is 40.2 Å². The molecule has 0 saturated heterocycles. The van der Waals surface area contributed by atoms with Gasteiger partial charge in [-0.05, 0) is 30.4 Å². The van der Waals surface area contributed by atoms with Crippen molar-refractivity contribution in [2.24, 2.45) is 0 Å². The summed E-state index contributed by atoms with van der Waals surface area (Å²) in [5.41, 5.74) is 2.74. The van der Waals surface area contributed by atoms with E-state index >= 15 is 0 Å². The number of benzene rings is 1. The molecule has 1 aliphatic rings. The van der Waals surface area contributed by atoms with Gasteiger partial charge in [-0.3, -0.25) is 4.79 Å². The number of rotatable bonds is 3. The van der Waals surface area contributed by atoms with Crippen LogP contribution in [0.1, 0.15) is 36.4 Å². The summed E-state index contributed by atoms with van der Waals surface area (Å²) in [6.45, 7) is 0. The Kier molecular flexibility index (Phi) is 4.21. The van der Waals surface area contributed by atoms with Crippen molar-refractivity contribution in [3.05, 3.63) is 35.4 Å². The molecule has 17 heavy (non-hydrogen) atoms. The van der Waals surface area contributed by atoms with Gasteiger partial charge in [0, 0.05) is 18.8 Å². The van der Waals surface area contributed by atoms with Crippen LogP contribution in [0.3, 0.4) is 0 Å². The van der Waals surface area contributed by atoms with Crippen LogP contribution in [-0.2, 0) is 11.2 Å². The number of nitrogens with zero attached hydrogens (tertiary/aromatic N) is 1. The first-order valence-electron chi connectivity index (χ1n) is 6.13. The highest BCUT2D eigenvalue weighted by atomic mass is 79.9. The number of hydrogen-bond acceptors (Lipinski definition) is 1. The quantitative estimate of drug-likeness (QED) is 0.784. The molecule has 1 aliphatic carbocycles. The number of aryl methyl sites for hydroxylation is 1. The molecule has 0 spiro atoms. The van der Waals surface area contributed by atoms with Gasteiger partial charge < -0.3 is 4.90 Å². The van der Waals surface area contributed by atoms with E-state index in [1.54, 1.807) is 0 Å². The third-order valence-corrected chi connectivity index (χ3v) is 3.90. The molecule has 0 bridgehead atoms. The molecule has 0 N–H and O–H groups in total. The molecule has 0 saturated carbocycles. The molecular weight excluding hydrogens is 278 g/mol. The van der Waals surface area contributed by atoms with Crippen molar-refractivity contribution in [1.29, 1.82) is 0 Å². The van der Waals surface area contributed by atoms with Crippen molar-refractivity contribution in [2.45, 2.75) is 31.7 Å². The van der Waals surface area contributed by atoms with E-state index in [-0.39, 0.29) is 11.9 Å². The second-order valence-electron chi connectivity index (χ2n) is 4.55. The largest absolute Gasteiger partial charge is 0.339 e. The predicted molar refractivity (Wildman–Crippen MR) is 73.3 cm³/mol. The molecule has 92 valence electrons. The van der Waals surface area contributed by atoms with Gasteiger partial charge in [0.15, 0.2) is 0 Å². The van der Waals surface area contributed by atoms with Crippen LogP contribution in [0.4, 0.5) is 0 Å². The van der Waals surface area contributed by atoms with E-state index < -0.39 is 0 Å². The number of amides is 1. The first-order valence-corrected chi connectivity index (χ1v) is 7.25. The molecule has 2 nitrogen and oxygen atoms in total. The van der Waals surface area contributed by atoms with Crippen LogP contribution in [-0.4, -0.2) is 23.2 Å². The lowest BCUT2D eigenvalue weighted by Crippen LogP contribution is -2.33. The summed E-state index contributed by atoms with van der Waals surface area (Å²) in [4.78, 5) is 13.9. The number of alkyl halides is 1. The summed E-state index contributed by atoms with van der Waals surface area (Å²) >= 11 is 3.33. The van der Waals surface area contributed by atoms with Crippen molar-refractivity contribution in [2.75, 3.05) is 12.4 Å². The minimum atomic E-state index is 0.226. The maximum Gasteiger partial charge on any atom is 0.223 e. The van der Waals surface area contributed by atoms with Gasteiger partial charge in [-0.2, -0.15) is 0 Å². The average Bonchev–Trinajstić information content (AvgIpc) is 2.37. The van der Waals surface area contributed by atoms with Crippen LogP contribution in [0, 0.1) is 0 Å². The number of carbonyl (C=O) groups excluding carboxylic acids is 1. The predicted octanol–water partition coefficient (Wildman–Crippen LogP) is 3.31. The van der Waals surface area contributed by atoms with Gasteiger partial charge in [0.25, 0.3) is 0 Å². The lowest BCUT2D eigenvalue weighted by Gasteiger charge is -2.33. The Bertz CT molecular complexity index is 405. The van der Waals surface area contributed by atoms with Crippen molar-refractivity contribution in [3.8, 4) is 0 Å². The van der Waals surface area contributed by atoms with Crippen LogP contribution >= 0.6 is 15.9 Å². The Morgan fingerprint density at radius 1 is 1.47 bits per heavy atom. The molecule has 2 rings (SSSR count). The third kappa shape index (κ3) is 2.71.